The van der Waals surface area contributed by atoms with Crippen LogP contribution in [0.15, 0.2) is 18.3 Å². The smallest absolute Gasteiger partial charge is 0.140 e. The minimum Gasteiger partial charge on any atom is -0.370 e. The van der Waals surface area contributed by atoms with Crippen molar-refractivity contribution in [3.05, 3.63) is 24.0 Å². The van der Waals surface area contributed by atoms with Gasteiger partial charge in [0.2, 0.25) is 0 Å². The summed E-state index contributed by atoms with van der Waals surface area (Å²) in [6.45, 7) is 2.19. The molecule has 0 N–H and O–H groups in total. The lowest BCUT2D eigenvalue weighted by atomic mass is 10.2. The van der Waals surface area contributed by atoms with Crippen molar-refractivity contribution in [2.75, 3.05) is 24.0 Å². The van der Waals surface area contributed by atoms with E-state index in [0.717, 1.165) is 17.9 Å². The van der Waals surface area contributed by atoms with Crippen molar-refractivity contribution in [2.45, 2.75) is 19.4 Å². The van der Waals surface area contributed by atoms with Gasteiger partial charge >= 0.3 is 0 Å². The Kier molecular flexibility index (Phi) is 5.13. The van der Waals surface area contributed by atoms with Gasteiger partial charge in [-0.1, -0.05) is 6.92 Å². The molecule has 0 spiro atoms. The molecule has 1 aromatic heterocycles. The quantitative estimate of drug-likeness (QED) is 0.786. The molecule has 1 heterocycles. The Hall–Kier alpha value is -1.21. The SMILES string of the molecule is CCC(CSC)N(C)c1ccc(C#N)nc1. The predicted octanol–water partition coefficient (Wildman–Crippen LogP) is 2.53. The molecule has 1 unspecified atom stereocenters. The zero-order valence-electron chi connectivity index (χ0n) is 9.97. The molecule has 16 heavy (non-hydrogen) atoms. The number of thioether (sulfide) groups is 1. The van der Waals surface area contributed by atoms with Crippen LogP contribution in [0.5, 0.6) is 0 Å². The van der Waals surface area contributed by atoms with Crippen LogP contribution in [0.3, 0.4) is 0 Å². The van der Waals surface area contributed by atoms with E-state index in [1.165, 1.54) is 0 Å². The van der Waals surface area contributed by atoms with Crippen LogP contribution in [-0.4, -0.2) is 30.1 Å². The average molecular weight is 235 g/mol. The minimum absolute atomic E-state index is 0.468. The van der Waals surface area contributed by atoms with E-state index in [1.54, 1.807) is 12.3 Å². The average Bonchev–Trinajstić information content (AvgIpc) is 2.35. The molecule has 0 aromatic carbocycles. The first kappa shape index (κ1) is 12.9. The lowest BCUT2D eigenvalue weighted by Crippen LogP contribution is -2.33. The van der Waals surface area contributed by atoms with E-state index in [0.29, 0.717) is 11.7 Å². The molecule has 0 saturated carbocycles. The highest BCUT2D eigenvalue weighted by Gasteiger charge is 2.12. The van der Waals surface area contributed by atoms with Gasteiger partial charge in [0.05, 0.1) is 11.9 Å². The topological polar surface area (TPSA) is 39.9 Å². The Morgan fingerprint density at radius 1 is 1.56 bits per heavy atom. The van der Waals surface area contributed by atoms with Gasteiger partial charge < -0.3 is 4.90 Å². The van der Waals surface area contributed by atoms with Gasteiger partial charge in [-0.2, -0.15) is 17.0 Å². The molecule has 0 fully saturated rings. The molecule has 0 aliphatic rings. The van der Waals surface area contributed by atoms with E-state index in [9.17, 15) is 0 Å². The third-order valence-electron chi connectivity index (χ3n) is 2.65. The standard InChI is InChI=1S/C12H17N3S/c1-4-11(9-16-3)15(2)12-6-5-10(7-13)14-8-12/h5-6,8,11H,4,9H2,1-3H3. The van der Waals surface area contributed by atoms with Crippen LogP contribution in [0.1, 0.15) is 19.0 Å². The zero-order chi connectivity index (χ0) is 12.0. The highest BCUT2D eigenvalue weighted by molar-refractivity contribution is 7.98. The zero-order valence-corrected chi connectivity index (χ0v) is 10.8. The summed E-state index contributed by atoms with van der Waals surface area (Å²) >= 11 is 1.85. The van der Waals surface area contributed by atoms with E-state index >= 15 is 0 Å². The Morgan fingerprint density at radius 2 is 2.31 bits per heavy atom. The first-order chi connectivity index (χ1) is 7.72. The number of hydrogen-bond donors (Lipinski definition) is 0. The molecule has 4 heteroatoms. The lowest BCUT2D eigenvalue weighted by Gasteiger charge is -2.28. The maximum Gasteiger partial charge on any atom is 0.140 e. The summed E-state index contributed by atoms with van der Waals surface area (Å²) in [7, 11) is 2.08. The van der Waals surface area contributed by atoms with Crippen LogP contribution >= 0.6 is 11.8 Å². The number of nitrogens with zero attached hydrogens (tertiary/aromatic N) is 3. The van der Waals surface area contributed by atoms with E-state index in [1.807, 2.05) is 23.9 Å². The van der Waals surface area contributed by atoms with Gasteiger partial charge in [0, 0.05) is 18.8 Å². The summed E-state index contributed by atoms with van der Waals surface area (Å²) < 4.78 is 0. The number of nitriles is 1. The lowest BCUT2D eigenvalue weighted by molar-refractivity contribution is 0.672. The van der Waals surface area contributed by atoms with Crippen LogP contribution in [0.25, 0.3) is 0 Å². The highest BCUT2D eigenvalue weighted by Crippen LogP contribution is 2.17. The van der Waals surface area contributed by atoms with Gasteiger partial charge in [0.15, 0.2) is 0 Å². The van der Waals surface area contributed by atoms with Crippen molar-refractivity contribution in [3.63, 3.8) is 0 Å². The number of hydrogen-bond acceptors (Lipinski definition) is 4. The number of rotatable bonds is 5. The maximum atomic E-state index is 8.68. The molecular weight excluding hydrogens is 218 g/mol. The predicted molar refractivity (Wildman–Crippen MR) is 69.8 cm³/mol. The molecule has 0 aliphatic carbocycles. The minimum atomic E-state index is 0.468. The van der Waals surface area contributed by atoms with Crippen molar-refractivity contribution >= 4 is 17.4 Å². The van der Waals surface area contributed by atoms with Crippen LogP contribution in [0.4, 0.5) is 5.69 Å². The number of anilines is 1. The normalized spacial score (nSPS) is 11.9. The molecule has 0 bridgehead atoms. The highest BCUT2D eigenvalue weighted by atomic mass is 32.2. The second-order valence-corrected chi connectivity index (χ2v) is 4.55. The van der Waals surface area contributed by atoms with Crippen LogP contribution in [0, 0.1) is 11.3 Å². The third kappa shape index (κ3) is 3.14. The van der Waals surface area contributed by atoms with Crippen molar-refractivity contribution in [1.29, 1.82) is 5.26 Å². The van der Waals surface area contributed by atoms with E-state index in [4.69, 9.17) is 5.26 Å². The largest absolute Gasteiger partial charge is 0.370 e. The van der Waals surface area contributed by atoms with Crippen molar-refractivity contribution in [3.8, 4) is 6.07 Å². The molecule has 0 amide bonds. The summed E-state index contributed by atoms with van der Waals surface area (Å²) in [6.07, 6.45) is 4.99. The molecule has 3 nitrogen and oxygen atoms in total. The fourth-order valence-electron chi connectivity index (χ4n) is 1.57. The molecule has 1 aromatic rings. The summed E-state index contributed by atoms with van der Waals surface area (Å²) in [5, 5.41) is 8.68. The maximum absolute atomic E-state index is 8.68. The van der Waals surface area contributed by atoms with Crippen LogP contribution in [-0.2, 0) is 0 Å². The molecule has 0 saturated heterocycles. The fourth-order valence-corrected chi connectivity index (χ4v) is 2.41. The Balaban J connectivity index is 2.78. The summed E-state index contributed by atoms with van der Waals surface area (Å²) in [4.78, 5) is 6.31. The second-order valence-electron chi connectivity index (χ2n) is 3.64. The van der Waals surface area contributed by atoms with Gasteiger partial charge in [-0.25, -0.2) is 4.98 Å². The summed E-state index contributed by atoms with van der Waals surface area (Å²) in [5.41, 5.74) is 1.54. The van der Waals surface area contributed by atoms with Crippen molar-refractivity contribution < 1.29 is 0 Å². The Bertz CT molecular complexity index is 356. The summed E-state index contributed by atoms with van der Waals surface area (Å²) in [5.74, 6) is 1.10. The third-order valence-corrected chi connectivity index (χ3v) is 3.37. The Labute approximate surface area is 101 Å². The number of aromatic nitrogens is 1. The van der Waals surface area contributed by atoms with Gasteiger partial charge in [-0.3, -0.25) is 0 Å². The molecule has 86 valence electrons. The Morgan fingerprint density at radius 3 is 2.75 bits per heavy atom. The molecular formula is C12H17N3S. The summed E-state index contributed by atoms with van der Waals surface area (Å²) in [6, 6.07) is 6.26. The van der Waals surface area contributed by atoms with Crippen molar-refractivity contribution in [2.24, 2.45) is 0 Å². The van der Waals surface area contributed by atoms with E-state index in [-0.39, 0.29) is 0 Å². The molecule has 0 aliphatic heterocycles. The molecule has 1 atom stereocenters. The van der Waals surface area contributed by atoms with Gasteiger partial charge in [0.25, 0.3) is 0 Å². The first-order valence-electron chi connectivity index (χ1n) is 5.30. The first-order valence-corrected chi connectivity index (χ1v) is 6.70. The van der Waals surface area contributed by atoms with Gasteiger partial charge in [0.1, 0.15) is 11.8 Å². The molecule has 1 rings (SSSR count). The number of pyridine rings is 1. The van der Waals surface area contributed by atoms with Crippen LogP contribution in [0.2, 0.25) is 0 Å². The monoisotopic (exact) mass is 235 g/mol. The van der Waals surface area contributed by atoms with E-state index in [2.05, 4.69) is 30.1 Å². The van der Waals surface area contributed by atoms with Gasteiger partial charge in [-0.05, 0) is 24.8 Å². The van der Waals surface area contributed by atoms with E-state index < -0.39 is 0 Å². The van der Waals surface area contributed by atoms with Crippen LogP contribution < -0.4 is 4.90 Å². The van der Waals surface area contributed by atoms with Gasteiger partial charge in [-0.15, -0.1) is 0 Å². The molecule has 0 radical (unpaired) electrons. The second kappa shape index (κ2) is 6.39. The fraction of sp³-hybridized carbons (Fsp3) is 0.500. The van der Waals surface area contributed by atoms with Crippen molar-refractivity contribution in [1.82, 2.24) is 4.98 Å².